The van der Waals surface area contributed by atoms with Crippen LogP contribution in [-0.2, 0) is 24.2 Å². The third kappa shape index (κ3) is 5.65. The fraction of sp³-hybridized carbons (Fsp3) is 0.318. The van der Waals surface area contributed by atoms with Gasteiger partial charge in [0.15, 0.2) is 12.8 Å². The minimum Gasteiger partial charge on any atom is -0.467 e. The number of benzene rings is 2. The minimum atomic E-state index is -0.293. The number of halogens is 3. The highest BCUT2D eigenvalue weighted by Crippen LogP contribution is 2.29. The summed E-state index contributed by atoms with van der Waals surface area (Å²) in [5.41, 5.74) is 3.44. The Balaban J connectivity index is 0.00000272. The van der Waals surface area contributed by atoms with Crippen LogP contribution in [0.25, 0.3) is 10.9 Å². The second-order valence-corrected chi connectivity index (χ2v) is 7.09. The van der Waals surface area contributed by atoms with Crippen molar-refractivity contribution in [1.29, 1.82) is 0 Å². The van der Waals surface area contributed by atoms with E-state index in [-0.39, 0.29) is 42.4 Å². The molecule has 4 rings (SSSR count). The van der Waals surface area contributed by atoms with Crippen molar-refractivity contribution >= 4 is 40.8 Å². The zero-order valence-corrected chi connectivity index (χ0v) is 19.5. The van der Waals surface area contributed by atoms with Crippen molar-refractivity contribution in [3.63, 3.8) is 0 Å². The molecule has 1 aliphatic rings. The maximum absolute atomic E-state index is 13.9. The van der Waals surface area contributed by atoms with Gasteiger partial charge in [-0.05, 0) is 54.3 Å². The summed E-state index contributed by atoms with van der Waals surface area (Å²) in [6.07, 6.45) is 3.26. The van der Waals surface area contributed by atoms with Gasteiger partial charge in [-0.15, -0.1) is 24.0 Å². The van der Waals surface area contributed by atoms with Crippen LogP contribution < -0.4 is 15.4 Å². The Morgan fingerprint density at radius 2 is 1.84 bits per heavy atom. The summed E-state index contributed by atoms with van der Waals surface area (Å²) >= 11 is 0. The summed E-state index contributed by atoms with van der Waals surface area (Å²) in [4.78, 5) is 7.33. The van der Waals surface area contributed by atoms with Crippen molar-refractivity contribution in [2.24, 2.45) is 4.99 Å². The molecule has 1 aliphatic heterocycles. The highest BCUT2D eigenvalue weighted by molar-refractivity contribution is 14.0. The van der Waals surface area contributed by atoms with Crippen LogP contribution >= 0.6 is 24.0 Å². The fourth-order valence-corrected chi connectivity index (χ4v) is 3.66. The quantitative estimate of drug-likeness (QED) is 0.251. The largest absolute Gasteiger partial charge is 0.467 e. The molecular formula is C22H25F2IN4O2. The molecule has 31 heavy (non-hydrogen) atoms. The van der Waals surface area contributed by atoms with E-state index in [9.17, 15) is 8.78 Å². The molecule has 166 valence electrons. The summed E-state index contributed by atoms with van der Waals surface area (Å²) in [5, 5.41) is 7.53. The van der Waals surface area contributed by atoms with Crippen LogP contribution in [0.1, 0.15) is 16.7 Å². The topological polar surface area (TPSA) is 70.7 Å². The summed E-state index contributed by atoms with van der Waals surface area (Å²) < 4.78 is 37.9. The third-order valence-corrected chi connectivity index (χ3v) is 5.08. The average Bonchev–Trinajstić information content (AvgIpc) is 3.14. The highest BCUT2D eigenvalue weighted by atomic mass is 127. The summed E-state index contributed by atoms with van der Waals surface area (Å²) in [6, 6.07) is 7.70. The Morgan fingerprint density at radius 3 is 2.61 bits per heavy atom. The molecule has 0 saturated heterocycles. The van der Waals surface area contributed by atoms with Gasteiger partial charge in [0, 0.05) is 42.8 Å². The van der Waals surface area contributed by atoms with Gasteiger partial charge in [-0.2, -0.15) is 0 Å². The van der Waals surface area contributed by atoms with Gasteiger partial charge in [0.2, 0.25) is 0 Å². The van der Waals surface area contributed by atoms with E-state index >= 15 is 0 Å². The number of aromatic amines is 1. The van der Waals surface area contributed by atoms with Crippen LogP contribution in [0.3, 0.4) is 0 Å². The molecule has 0 amide bonds. The number of guanidine groups is 1. The van der Waals surface area contributed by atoms with E-state index < -0.39 is 0 Å². The number of nitrogens with one attached hydrogen (secondary N) is 3. The third-order valence-electron chi connectivity index (χ3n) is 5.08. The molecule has 1 aromatic heterocycles. The van der Waals surface area contributed by atoms with E-state index in [2.05, 4.69) is 20.6 Å². The van der Waals surface area contributed by atoms with Crippen LogP contribution in [0.15, 0.2) is 41.5 Å². The molecule has 2 heterocycles. The van der Waals surface area contributed by atoms with Crippen molar-refractivity contribution in [1.82, 2.24) is 15.6 Å². The van der Waals surface area contributed by atoms with Gasteiger partial charge in [-0.25, -0.2) is 8.78 Å². The Labute approximate surface area is 196 Å². The van der Waals surface area contributed by atoms with Crippen LogP contribution in [0.5, 0.6) is 5.75 Å². The molecule has 0 spiro atoms. The lowest BCUT2D eigenvalue weighted by atomic mass is 10.1. The molecule has 0 unspecified atom stereocenters. The standard InChI is InChI=1S/C22H24F2N4O2.HI/c1-25-22(27-7-5-15-11-28-20-10-17(23)2-3-19(15)20)26-6-4-14-8-18(24)9-16-12-29-13-30-21(14)16;/h2-3,8-11,28H,4-7,12-13H2,1H3,(H2,25,26,27);1H. The van der Waals surface area contributed by atoms with E-state index in [0.717, 1.165) is 34.0 Å². The van der Waals surface area contributed by atoms with Crippen LogP contribution in [0.4, 0.5) is 8.78 Å². The monoisotopic (exact) mass is 542 g/mol. The Kier molecular flexibility index (Phi) is 8.08. The van der Waals surface area contributed by atoms with E-state index in [1.165, 1.54) is 24.3 Å². The second-order valence-electron chi connectivity index (χ2n) is 7.09. The number of aliphatic imine (C=N–C) groups is 1. The van der Waals surface area contributed by atoms with Crippen molar-refractivity contribution in [3.8, 4) is 5.75 Å². The molecule has 6 nitrogen and oxygen atoms in total. The predicted molar refractivity (Wildman–Crippen MR) is 127 cm³/mol. The number of ether oxygens (including phenoxy) is 2. The van der Waals surface area contributed by atoms with Crippen molar-refractivity contribution in [2.75, 3.05) is 26.9 Å². The molecule has 3 aromatic rings. The number of nitrogens with zero attached hydrogens (tertiary/aromatic N) is 1. The Hall–Kier alpha value is -2.40. The highest BCUT2D eigenvalue weighted by Gasteiger charge is 2.16. The van der Waals surface area contributed by atoms with Crippen molar-refractivity contribution in [2.45, 2.75) is 19.4 Å². The first-order valence-corrected chi connectivity index (χ1v) is 9.86. The zero-order valence-electron chi connectivity index (χ0n) is 17.1. The molecule has 2 aromatic carbocycles. The van der Waals surface area contributed by atoms with Gasteiger partial charge in [0.05, 0.1) is 6.61 Å². The molecule has 0 saturated carbocycles. The maximum atomic E-state index is 13.9. The number of hydrogen-bond acceptors (Lipinski definition) is 3. The summed E-state index contributed by atoms with van der Waals surface area (Å²) in [5.74, 6) is 0.827. The first kappa shape index (κ1) is 23.3. The SMILES string of the molecule is CN=C(NCCc1cc(F)cc2c1OCOC2)NCCc1c[nH]c2cc(F)ccc12.I. The molecule has 0 bridgehead atoms. The number of hydrogen-bond donors (Lipinski definition) is 3. The maximum Gasteiger partial charge on any atom is 0.190 e. The lowest BCUT2D eigenvalue weighted by Crippen LogP contribution is -2.39. The van der Waals surface area contributed by atoms with Gasteiger partial charge in [-0.3, -0.25) is 4.99 Å². The lowest BCUT2D eigenvalue weighted by Gasteiger charge is -2.21. The van der Waals surface area contributed by atoms with Crippen molar-refractivity contribution < 1.29 is 18.3 Å². The first-order valence-electron chi connectivity index (χ1n) is 9.86. The fourth-order valence-electron chi connectivity index (χ4n) is 3.66. The summed E-state index contributed by atoms with van der Waals surface area (Å²) in [6.45, 7) is 1.78. The van der Waals surface area contributed by atoms with E-state index in [1.54, 1.807) is 13.1 Å². The van der Waals surface area contributed by atoms with Crippen LogP contribution in [0.2, 0.25) is 0 Å². The van der Waals surface area contributed by atoms with Gasteiger partial charge in [-0.1, -0.05) is 0 Å². The number of H-pyrrole nitrogens is 1. The smallest absolute Gasteiger partial charge is 0.190 e. The van der Waals surface area contributed by atoms with Gasteiger partial charge < -0.3 is 25.1 Å². The van der Waals surface area contributed by atoms with Crippen LogP contribution in [0, 0.1) is 11.6 Å². The van der Waals surface area contributed by atoms with E-state index in [0.29, 0.717) is 37.8 Å². The molecule has 9 heteroatoms. The lowest BCUT2D eigenvalue weighted by molar-refractivity contribution is -0.0172. The van der Waals surface area contributed by atoms with E-state index in [1.807, 2.05) is 6.20 Å². The van der Waals surface area contributed by atoms with Gasteiger partial charge in [0.25, 0.3) is 0 Å². The molecular weight excluding hydrogens is 517 g/mol. The summed E-state index contributed by atoms with van der Waals surface area (Å²) in [7, 11) is 1.70. The van der Waals surface area contributed by atoms with Gasteiger partial charge in [0.1, 0.15) is 17.4 Å². The van der Waals surface area contributed by atoms with Gasteiger partial charge >= 0.3 is 0 Å². The molecule has 0 atom stereocenters. The molecule has 0 radical (unpaired) electrons. The van der Waals surface area contributed by atoms with E-state index in [4.69, 9.17) is 9.47 Å². The second kappa shape index (κ2) is 10.8. The minimum absolute atomic E-state index is 0. The Morgan fingerprint density at radius 1 is 1.06 bits per heavy atom. The Bertz CT molecular complexity index is 1070. The van der Waals surface area contributed by atoms with Crippen molar-refractivity contribution in [3.05, 3.63) is 64.9 Å². The number of rotatable bonds is 6. The first-order chi connectivity index (χ1) is 14.6. The normalized spacial score (nSPS) is 13.3. The average molecular weight is 542 g/mol. The van der Waals surface area contributed by atoms with Crippen LogP contribution in [-0.4, -0.2) is 37.9 Å². The predicted octanol–water partition coefficient (Wildman–Crippen LogP) is 3.88. The molecule has 3 N–H and O–H groups in total. The molecule has 0 fully saturated rings. The zero-order chi connectivity index (χ0) is 20.9. The number of aromatic nitrogens is 1. The molecule has 0 aliphatic carbocycles. The number of fused-ring (bicyclic) bond motifs is 2.